The van der Waals surface area contributed by atoms with Gasteiger partial charge in [-0.2, -0.15) is 11.8 Å². The number of hydrogen-bond acceptors (Lipinski definition) is 4. The quantitative estimate of drug-likeness (QED) is 0.628. The van der Waals surface area contributed by atoms with Gasteiger partial charge < -0.3 is 0 Å². The molecule has 2 rings (SSSR count). The van der Waals surface area contributed by atoms with E-state index in [9.17, 15) is 0 Å². The minimum Gasteiger partial charge on any atom is -0.271 e. The van der Waals surface area contributed by atoms with Crippen molar-refractivity contribution in [2.45, 2.75) is 31.7 Å². The molecule has 1 aromatic heterocycles. The van der Waals surface area contributed by atoms with E-state index in [1.165, 1.54) is 35.6 Å². The van der Waals surface area contributed by atoms with Crippen molar-refractivity contribution >= 4 is 23.1 Å². The molecule has 1 unspecified atom stereocenters. The number of rotatable bonds is 5. The Kier molecular flexibility index (Phi) is 5.16. The van der Waals surface area contributed by atoms with Crippen molar-refractivity contribution in [1.82, 2.24) is 5.43 Å². The highest BCUT2D eigenvalue weighted by atomic mass is 32.2. The molecular formula is C12H20N2S2. The molecule has 1 atom stereocenters. The first kappa shape index (κ1) is 12.4. The first-order chi connectivity index (χ1) is 7.88. The average molecular weight is 256 g/mol. The molecule has 2 nitrogen and oxygen atoms in total. The Balaban J connectivity index is 1.80. The van der Waals surface area contributed by atoms with Crippen LogP contribution in [0, 0.1) is 5.92 Å². The third-order valence-corrected chi connectivity index (χ3v) is 5.17. The highest BCUT2D eigenvalue weighted by Crippen LogP contribution is 2.27. The fraction of sp³-hybridized carbons (Fsp3) is 0.667. The SMILES string of the molecule is NNC(Cc1cccs1)CC1CCSCC1. The average Bonchev–Trinajstić information content (AvgIpc) is 2.82. The van der Waals surface area contributed by atoms with E-state index in [2.05, 4.69) is 34.7 Å². The van der Waals surface area contributed by atoms with Crippen LogP contribution in [0.15, 0.2) is 17.5 Å². The molecule has 16 heavy (non-hydrogen) atoms. The molecule has 0 spiro atoms. The Morgan fingerprint density at radius 3 is 2.88 bits per heavy atom. The maximum Gasteiger partial charge on any atom is 0.0261 e. The van der Waals surface area contributed by atoms with Crippen LogP contribution in [0.4, 0.5) is 0 Å². The van der Waals surface area contributed by atoms with E-state index in [4.69, 9.17) is 5.84 Å². The van der Waals surface area contributed by atoms with Gasteiger partial charge in [-0.05, 0) is 54.6 Å². The summed E-state index contributed by atoms with van der Waals surface area (Å²) in [7, 11) is 0. The summed E-state index contributed by atoms with van der Waals surface area (Å²) in [4.78, 5) is 1.44. The molecule has 4 heteroatoms. The maximum absolute atomic E-state index is 5.66. The van der Waals surface area contributed by atoms with Crippen molar-refractivity contribution in [1.29, 1.82) is 0 Å². The number of thiophene rings is 1. The normalized spacial score (nSPS) is 19.8. The summed E-state index contributed by atoms with van der Waals surface area (Å²) < 4.78 is 0. The van der Waals surface area contributed by atoms with E-state index in [1.807, 2.05) is 11.3 Å². The number of hydrogen-bond donors (Lipinski definition) is 2. The van der Waals surface area contributed by atoms with Crippen LogP contribution in [0.3, 0.4) is 0 Å². The highest BCUT2D eigenvalue weighted by molar-refractivity contribution is 7.99. The van der Waals surface area contributed by atoms with Gasteiger partial charge in [0.2, 0.25) is 0 Å². The predicted molar refractivity (Wildman–Crippen MR) is 73.8 cm³/mol. The number of nitrogens with two attached hydrogens (primary N) is 1. The third kappa shape index (κ3) is 3.77. The van der Waals surface area contributed by atoms with Gasteiger partial charge in [-0.3, -0.25) is 11.3 Å². The molecule has 0 bridgehead atoms. The zero-order chi connectivity index (χ0) is 11.2. The van der Waals surface area contributed by atoms with Gasteiger partial charge in [0.1, 0.15) is 0 Å². The molecule has 0 amide bonds. The summed E-state index contributed by atoms with van der Waals surface area (Å²) in [6.45, 7) is 0. The molecule has 1 aliphatic rings. The van der Waals surface area contributed by atoms with E-state index in [-0.39, 0.29) is 0 Å². The standard InChI is InChI=1S/C12H20N2S2/c13-14-11(9-12-2-1-5-16-12)8-10-3-6-15-7-4-10/h1-2,5,10-11,14H,3-4,6-9,13H2. The molecule has 90 valence electrons. The Labute approximate surface area is 106 Å². The molecule has 1 saturated heterocycles. The lowest BCUT2D eigenvalue weighted by Crippen LogP contribution is -2.38. The number of hydrazine groups is 1. The van der Waals surface area contributed by atoms with E-state index < -0.39 is 0 Å². The largest absolute Gasteiger partial charge is 0.271 e. The van der Waals surface area contributed by atoms with Crippen LogP contribution in [0.2, 0.25) is 0 Å². The second-order valence-electron chi connectivity index (χ2n) is 4.44. The minimum absolute atomic E-state index is 0.451. The zero-order valence-electron chi connectivity index (χ0n) is 9.52. The molecular weight excluding hydrogens is 236 g/mol. The Morgan fingerprint density at radius 2 is 2.25 bits per heavy atom. The van der Waals surface area contributed by atoms with E-state index in [1.54, 1.807) is 0 Å². The number of nitrogens with one attached hydrogen (secondary N) is 1. The monoisotopic (exact) mass is 256 g/mol. The van der Waals surface area contributed by atoms with Crippen molar-refractivity contribution in [2.24, 2.45) is 11.8 Å². The van der Waals surface area contributed by atoms with Crippen molar-refractivity contribution in [2.75, 3.05) is 11.5 Å². The molecule has 1 fully saturated rings. The molecule has 0 aliphatic carbocycles. The fourth-order valence-electron chi connectivity index (χ4n) is 2.27. The van der Waals surface area contributed by atoms with Crippen LogP contribution >= 0.6 is 23.1 Å². The fourth-order valence-corrected chi connectivity index (χ4v) is 4.26. The molecule has 3 N–H and O–H groups in total. The summed E-state index contributed by atoms with van der Waals surface area (Å²) in [6, 6.07) is 4.77. The smallest absolute Gasteiger partial charge is 0.0261 e. The van der Waals surface area contributed by atoms with Crippen molar-refractivity contribution in [3.8, 4) is 0 Å². The van der Waals surface area contributed by atoms with Gasteiger partial charge in [0.05, 0.1) is 0 Å². The summed E-state index contributed by atoms with van der Waals surface area (Å²) in [5, 5.41) is 2.14. The van der Waals surface area contributed by atoms with E-state index in [0.717, 1.165) is 12.3 Å². The Hall–Kier alpha value is -0.0300. The predicted octanol–water partition coefficient (Wildman–Crippen LogP) is 2.66. The van der Waals surface area contributed by atoms with Crippen molar-refractivity contribution in [3.63, 3.8) is 0 Å². The second-order valence-corrected chi connectivity index (χ2v) is 6.70. The van der Waals surface area contributed by atoms with Crippen LogP contribution in [-0.4, -0.2) is 17.5 Å². The van der Waals surface area contributed by atoms with Crippen molar-refractivity contribution < 1.29 is 0 Å². The first-order valence-corrected chi connectivity index (χ1v) is 7.98. The second kappa shape index (κ2) is 6.64. The van der Waals surface area contributed by atoms with Crippen LogP contribution in [0.25, 0.3) is 0 Å². The summed E-state index contributed by atoms with van der Waals surface area (Å²) in [5.74, 6) is 9.20. The molecule has 1 aromatic rings. The lowest BCUT2D eigenvalue weighted by molar-refractivity contribution is 0.367. The van der Waals surface area contributed by atoms with Gasteiger partial charge in [-0.25, -0.2) is 0 Å². The third-order valence-electron chi connectivity index (χ3n) is 3.22. The van der Waals surface area contributed by atoms with E-state index >= 15 is 0 Å². The first-order valence-electron chi connectivity index (χ1n) is 5.94. The molecule has 0 aromatic carbocycles. The van der Waals surface area contributed by atoms with Gasteiger partial charge >= 0.3 is 0 Å². The van der Waals surface area contributed by atoms with Gasteiger partial charge in [-0.15, -0.1) is 11.3 Å². The molecule has 1 aliphatic heterocycles. The molecule has 0 saturated carbocycles. The van der Waals surface area contributed by atoms with Crippen LogP contribution in [0.5, 0.6) is 0 Å². The van der Waals surface area contributed by atoms with Gasteiger partial charge in [0, 0.05) is 10.9 Å². The van der Waals surface area contributed by atoms with Crippen molar-refractivity contribution in [3.05, 3.63) is 22.4 Å². The Bertz CT molecular complexity index is 281. The molecule has 0 radical (unpaired) electrons. The lowest BCUT2D eigenvalue weighted by atomic mass is 9.93. The molecule has 2 heterocycles. The maximum atomic E-state index is 5.66. The number of thioether (sulfide) groups is 1. The van der Waals surface area contributed by atoms with Crippen LogP contribution < -0.4 is 11.3 Å². The lowest BCUT2D eigenvalue weighted by Gasteiger charge is -2.25. The summed E-state index contributed by atoms with van der Waals surface area (Å²) >= 11 is 3.92. The summed E-state index contributed by atoms with van der Waals surface area (Å²) in [5.41, 5.74) is 2.99. The minimum atomic E-state index is 0.451. The van der Waals surface area contributed by atoms with Crippen LogP contribution in [-0.2, 0) is 6.42 Å². The van der Waals surface area contributed by atoms with Gasteiger partial charge in [0.15, 0.2) is 0 Å². The topological polar surface area (TPSA) is 38.0 Å². The van der Waals surface area contributed by atoms with Gasteiger partial charge in [-0.1, -0.05) is 6.07 Å². The van der Waals surface area contributed by atoms with E-state index in [0.29, 0.717) is 6.04 Å². The zero-order valence-corrected chi connectivity index (χ0v) is 11.2. The summed E-state index contributed by atoms with van der Waals surface area (Å²) in [6.07, 6.45) is 5.05. The van der Waals surface area contributed by atoms with Gasteiger partial charge in [0.25, 0.3) is 0 Å². The van der Waals surface area contributed by atoms with Crippen LogP contribution in [0.1, 0.15) is 24.1 Å². The highest BCUT2D eigenvalue weighted by Gasteiger charge is 2.18. The Morgan fingerprint density at radius 1 is 1.44 bits per heavy atom.